The van der Waals surface area contributed by atoms with E-state index in [1.54, 1.807) is 0 Å². The van der Waals surface area contributed by atoms with Crippen LogP contribution in [0, 0.1) is 0 Å². The van der Waals surface area contributed by atoms with Crippen molar-refractivity contribution in [3.63, 3.8) is 0 Å². The summed E-state index contributed by atoms with van der Waals surface area (Å²) in [6.45, 7) is 8.15. The maximum absolute atomic E-state index is 9.92. The fraction of sp³-hybridized carbons (Fsp3) is 0.714. The Hall–Kier alpha value is -1.02. The van der Waals surface area contributed by atoms with E-state index < -0.39 is 37.3 Å². The lowest BCUT2D eigenvalue weighted by Gasteiger charge is -2.39. The molecule has 0 bridgehead atoms. The third kappa shape index (κ3) is 8.68. The molecule has 6 heteroatoms. The first kappa shape index (κ1) is 24.0. The van der Waals surface area contributed by atoms with Crippen molar-refractivity contribution in [2.24, 2.45) is 0 Å². The number of aliphatic hydroxyl groups excluding tert-OH is 4. The highest BCUT2D eigenvalue weighted by Gasteiger charge is 2.43. The molecule has 4 N–H and O–H groups in total. The highest BCUT2D eigenvalue weighted by atomic mass is 16.7. The lowest BCUT2D eigenvalue weighted by atomic mass is 9.99. The molecule has 1 fully saturated rings. The minimum atomic E-state index is -1.41. The molecule has 0 aromatic carbocycles. The topological polar surface area (TPSA) is 99.4 Å². The first-order chi connectivity index (χ1) is 12.8. The van der Waals surface area contributed by atoms with Gasteiger partial charge in [-0.25, -0.2) is 0 Å². The van der Waals surface area contributed by atoms with Gasteiger partial charge in [0.05, 0.1) is 13.2 Å². The van der Waals surface area contributed by atoms with Crippen LogP contribution in [0.5, 0.6) is 0 Å². The summed E-state index contributed by atoms with van der Waals surface area (Å²) in [5, 5.41) is 38.6. The largest absolute Gasteiger partial charge is 0.394 e. The van der Waals surface area contributed by atoms with Crippen molar-refractivity contribution >= 4 is 0 Å². The minimum absolute atomic E-state index is 0.220. The van der Waals surface area contributed by atoms with Gasteiger partial charge in [-0.15, -0.1) is 0 Å². The summed E-state index contributed by atoms with van der Waals surface area (Å²) < 4.78 is 10.8. The van der Waals surface area contributed by atoms with Gasteiger partial charge >= 0.3 is 0 Å². The van der Waals surface area contributed by atoms with Crippen LogP contribution in [0.15, 0.2) is 34.9 Å². The van der Waals surface area contributed by atoms with E-state index in [4.69, 9.17) is 14.6 Å². The normalized spacial score (nSPS) is 29.7. The number of aliphatic hydroxyl groups is 4. The van der Waals surface area contributed by atoms with Crippen molar-refractivity contribution in [1.29, 1.82) is 0 Å². The maximum Gasteiger partial charge on any atom is 0.187 e. The van der Waals surface area contributed by atoms with Crippen molar-refractivity contribution < 1.29 is 29.9 Å². The van der Waals surface area contributed by atoms with Crippen LogP contribution in [-0.4, -0.2) is 64.3 Å². The van der Waals surface area contributed by atoms with Gasteiger partial charge in [-0.3, -0.25) is 0 Å². The summed E-state index contributed by atoms with van der Waals surface area (Å²) in [4.78, 5) is 0. The quantitative estimate of drug-likeness (QED) is 0.431. The zero-order valence-corrected chi connectivity index (χ0v) is 17.0. The fourth-order valence-electron chi connectivity index (χ4n) is 2.83. The molecule has 156 valence electrons. The Bertz CT molecular complexity index is 519. The summed E-state index contributed by atoms with van der Waals surface area (Å²) in [6.07, 6.45) is 4.28. The number of ether oxygens (including phenoxy) is 2. The molecular formula is C21H36O6. The summed E-state index contributed by atoms with van der Waals surface area (Å²) in [5.74, 6) is 0. The van der Waals surface area contributed by atoms with E-state index in [0.29, 0.717) is 0 Å². The summed E-state index contributed by atoms with van der Waals surface area (Å²) in [6, 6.07) is 0. The molecule has 1 rings (SSSR count). The Balaban J connectivity index is 2.36. The van der Waals surface area contributed by atoms with Crippen LogP contribution in [-0.2, 0) is 9.47 Å². The van der Waals surface area contributed by atoms with Gasteiger partial charge in [0.25, 0.3) is 0 Å². The summed E-state index contributed by atoms with van der Waals surface area (Å²) >= 11 is 0. The standard InChI is InChI=1S/C21H36O6/c1-14(2)7-5-8-15(3)9-6-10-16(4)11-12-26-21-20(25)19(24)18(23)17(13-22)27-21/h7,9,11,17-25H,5-6,8,10,12-13H2,1-4H3/t17-,18-,19+,20-,21?/m1/s1. The second-order valence-corrected chi connectivity index (χ2v) is 7.49. The second-order valence-electron chi connectivity index (χ2n) is 7.49. The second kappa shape index (κ2) is 12.4. The van der Waals surface area contributed by atoms with Crippen molar-refractivity contribution in [3.05, 3.63) is 34.9 Å². The van der Waals surface area contributed by atoms with Crippen molar-refractivity contribution in [2.45, 2.75) is 84.1 Å². The molecule has 0 aliphatic carbocycles. The Morgan fingerprint density at radius 1 is 0.852 bits per heavy atom. The molecule has 1 aliphatic rings. The predicted molar refractivity (Wildman–Crippen MR) is 105 cm³/mol. The van der Waals surface area contributed by atoms with Crippen molar-refractivity contribution in [2.75, 3.05) is 13.2 Å². The lowest BCUT2D eigenvalue weighted by molar-refractivity contribution is -0.298. The molecule has 1 aliphatic heterocycles. The molecule has 0 spiro atoms. The molecule has 27 heavy (non-hydrogen) atoms. The Kier molecular flexibility index (Phi) is 11.1. The van der Waals surface area contributed by atoms with Gasteiger partial charge in [-0.2, -0.15) is 0 Å². The van der Waals surface area contributed by atoms with Crippen LogP contribution in [0.3, 0.4) is 0 Å². The molecule has 6 nitrogen and oxygen atoms in total. The molecule has 0 saturated carbocycles. The maximum atomic E-state index is 9.92. The molecule has 0 radical (unpaired) electrons. The number of allylic oxidation sites excluding steroid dienone is 5. The number of rotatable bonds is 10. The van der Waals surface area contributed by atoms with Crippen LogP contribution in [0.4, 0.5) is 0 Å². The van der Waals surface area contributed by atoms with E-state index in [1.807, 2.05) is 13.0 Å². The van der Waals surface area contributed by atoms with E-state index in [1.165, 1.54) is 11.1 Å². The van der Waals surface area contributed by atoms with E-state index >= 15 is 0 Å². The van der Waals surface area contributed by atoms with Gasteiger partial charge < -0.3 is 29.9 Å². The Morgan fingerprint density at radius 3 is 2.04 bits per heavy atom. The fourth-order valence-corrected chi connectivity index (χ4v) is 2.83. The zero-order chi connectivity index (χ0) is 20.4. The molecule has 1 saturated heterocycles. The number of hydrogen-bond acceptors (Lipinski definition) is 6. The van der Waals surface area contributed by atoms with E-state index in [2.05, 4.69) is 32.9 Å². The molecule has 5 atom stereocenters. The lowest BCUT2D eigenvalue weighted by Crippen LogP contribution is -2.59. The zero-order valence-electron chi connectivity index (χ0n) is 17.0. The summed E-state index contributed by atoms with van der Waals surface area (Å²) in [5.41, 5.74) is 3.90. The van der Waals surface area contributed by atoms with Gasteiger partial charge in [-0.05, 0) is 53.4 Å². The van der Waals surface area contributed by atoms with Crippen LogP contribution < -0.4 is 0 Å². The van der Waals surface area contributed by atoms with Gasteiger partial charge in [0.2, 0.25) is 0 Å². The van der Waals surface area contributed by atoms with Crippen LogP contribution in [0.1, 0.15) is 53.4 Å². The van der Waals surface area contributed by atoms with Crippen molar-refractivity contribution in [3.8, 4) is 0 Å². The Labute approximate surface area is 162 Å². The average Bonchev–Trinajstić information content (AvgIpc) is 2.61. The van der Waals surface area contributed by atoms with Crippen LogP contribution in [0.25, 0.3) is 0 Å². The number of hydrogen-bond donors (Lipinski definition) is 4. The van der Waals surface area contributed by atoms with Crippen LogP contribution in [0.2, 0.25) is 0 Å². The molecule has 0 aromatic rings. The monoisotopic (exact) mass is 384 g/mol. The Morgan fingerprint density at radius 2 is 1.44 bits per heavy atom. The van der Waals surface area contributed by atoms with E-state index in [0.717, 1.165) is 31.3 Å². The van der Waals surface area contributed by atoms with Gasteiger partial charge in [0.15, 0.2) is 6.29 Å². The molecule has 0 aromatic heterocycles. The first-order valence-corrected chi connectivity index (χ1v) is 9.63. The van der Waals surface area contributed by atoms with E-state index in [-0.39, 0.29) is 6.61 Å². The third-order valence-electron chi connectivity index (χ3n) is 4.66. The molecule has 1 heterocycles. The van der Waals surface area contributed by atoms with Crippen LogP contribution >= 0.6 is 0 Å². The summed E-state index contributed by atoms with van der Waals surface area (Å²) in [7, 11) is 0. The predicted octanol–water partition coefficient (Wildman–Crippen LogP) is 2.22. The highest BCUT2D eigenvalue weighted by molar-refractivity contribution is 5.05. The first-order valence-electron chi connectivity index (χ1n) is 9.63. The van der Waals surface area contributed by atoms with Crippen molar-refractivity contribution in [1.82, 2.24) is 0 Å². The average molecular weight is 385 g/mol. The molecule has 0 amide bonds. The van der Waals surface area contributed by atoms with E-state index in [9.17, 15) is 15.3 Å². The minimum Gasteiger partial charge on any atom is -0.394 e. The smallest absolute Gasteiger partial charge is 0.187 e. The molecule has 1 unspecified atom stereocenters. The molecular weight excluding hydrogens is 348 g/mol. The SMILES string of the molecule is CC(C)=CCCC(C)=CCCC(C)=CCOC1O[C@H](CO)[C@@H](O)[C@H](O)[C@H]1O. The van der Waals surface area contributed by atoms with Gasteiger partial charge in [0, 0.05) is 0 Å². The van der Waals surface area contributed by atoms with Gasteiger partial charge in [0.1, 0.15) is 24.4 Å². The van der Waals surface area contributed by atoms with Gasteiger partial charge in [-0.1, -0.05) is 34.9 Å². The third-order valence-corrected chi connectivity index (χ3v) is 4.66. The highest BCUT2D eigenvalue weighted by Crippen LogP contribution is 2.22.